The van der Waals surface area contributed by atoms with E-state index in [2.05, 4.69) is 21.3 Å². The average molecular weight is 142 g/mol. The molecule has 0 aromatic heterocycles. The van der Waals surface area contributed by atoms with Crippen LogP contribution in [0.4, 0.5) is 0 Å². The molecular weight excluding hydrogens is 128 g/mol. The van der Waals surface area contributed by atoms with E-state index in [-0.39, 0.29) is 0 Å². The molecule has 0 atom stereocenters. The van der Waals surface area contributed by atoms with Crippen molar-refractivity contribution in [3.8, 4) is 0 Å². The summed E-state index contributed by atoms with van der Waals surface area (Å²) in [6, 6.07) is 0. The molecule has 0 bridgehead atoms. The van der Waals surface area contributed by atoms with E-state index < -0.39 is 0 Å². The van der Waals surface area contributed by atoms with E-state index in [0.29, 0.717) is 0 Å². The maximum absolute atomic E-state index is 3.11. The second-order valence-electron chi connectivity index (χ2n) is 2.10. The maximum atomic E-state index is 3.11. The zero-order valence-corrected chi connectivity index (χ0v) is 5.98. The Morgan fingerprint density at radius 2 is 1.40 bits per heavy atom. The van der Waals surface area contributed by atoms with Gasteiger partial charge in [-0.05, 0) is 0 Å². The van der Waals surface area contributed by atoms with Gasteiger partial charge < -0.3 is 21.3 Å². The van der Waals surface area contributed by atoms with Crippen LogP contribution in [0.25, 0.3) is 0 Å². The van der Waals surface area contributed by atoms with Crippen molar-refractivity contribution in [3.63, 3.8) is 0 Å². The maximum Gasteiger partial charge on any atom is 0.0840 e. The molecule has 0 aromatic rings. The van der Waals surface area contributed by atoms with Crippen LogP contribution >= 0.6 is 0 Å². The fourth-order valence-corrected chi connectivity index (χ4v) is 0.737. The highest BCUT2D eigenvalue weighted by Crippen LogP contribution is 1.65. The summed E-state index contributed by atoms with van der Waals surface area (Å²) in [5.74, 6) is 0. The molecule has 10 heavy (non-hydrogen) atoms. The highest BCUT2D eigenvalue weighted by molar-refractivity contribution is 4.82. The van der Waals surface area contributed by atoms with Gasteiger partial charge in [0.05, 0.1) is 6.67 Å². The Bertz CT molecular complexity index is 84.3. The largest absolute Gasteiger partial charge is 0.373 e. The van der Waals surface area contributed by atoms with Crippen molar-refractivity contribution >= 4 is 0 Å². The molecule has 2 rings (SSSR count). The van der Waals surface area contributed by atoms with Crippen molar-refractivity contribution in [2.24, 2.45) is 0 Å². The van der Waals surface area contributed by atoms with Gasteiger partial charge in [0.1, 0.15) is 0 Å². The van der Waals surface area contributed by atoms with Gasteiger partial charge in [-0.3, -0.25) is 0 Å². The van der Waals surface area contributed by atoms with Crippen LogP contribution in [-0.4, -0.2) is 26.4 Å². The topological polar surface area (TPSA) is 48.1 Å². The van der Waals surface area contributed by atoms with E-state index in [1.54, 1.807) is 0 Å². The first-order chi connectivity index (χ1) is 5.00. The Hall–Kier alpha value is -0.740. The second-order valence-corrected chi connectivity index (χ2v) is 2.10. The third kappa shape index (κ3) is 3.32. The lowest BCUT2D eigenvalue weighted by Gasteiger charge is -1.82. The van der Waals surface area contributed by atoms with E-state index >= 15 is 0 Å². The smallest absolute Gasteiger partial charge is 0.0840 e. The molecule has 2 heterocycles. The minimum atomic E-state index is 0.889. The van der Waals surface area contributed by atoms with Crippen LogP contribution in [0.15, 0.2) is 12.4 Å². The van der Waals surface area contributed by atoms with Gasteiger partial charge in [-0.1, -0.05) is 0 Å². The SMILES string of the molecule is C1=CNCN1.C1CNCN1. The molecular formula is C6H14N4. The lowest BCUT2D eigenvalue weighted by Crippen LogP contribution is -2.11. The molecule has 2 aliphatic heterocycles. The number of nitrogens with one attached hydrogen (secondary N) is 4. The Kier molecular flexibility index (Phi) is 3.74. The molecule has 0 amide bonds. The first-order valence-electron chi connectivity index (χ1n) is 3.53. The number of rotatable bonds is 0. The quantitative estimate of drug-likeness (QED) is 0.341. The molecule has 2 aliphatic rings. The Balaban J connectivity index is 0.0000001000. The fourth-order valence-electron chi connectivity index (χ4n) is 0.737. The minimum absolute atomic E-state index is 0.889. The summed E-state index contributed by atoms with van der Waals surface area (Å²) < 4.78 is 0. The van der Waals surface area contributed by atoms with Gasteiger partial charge in [0.2, 0.25) is 0 Å². The second kappa shape index (κ2) is 5.08. The van der Waals surface area contributed by atoms with Crippen molar-refractivity contribution in [1.29, 1.82) is 0 Å². The normalized spacial score (nSPS) is 20.8. The molecule has 0 unspecified atom stereocenters. The number of hydrogen-bond acceptors (Lipinski definition) is 4. The minimum Gasteiger partial charge on any atom is -0.373 e. The molecule has 0 spiro atoms. The first kappa shape index (κ1) is 7.37. The third-order valence-electron chi connectivity index (χ3n) is 1.25. The van der Waals surface area contributed by atoms with Gasteiger partial charge in [-0.25, -0.2) is 0 Å². The monoisotopic (exact) mass is 142 g/mol. The molecule has 1 saturated heterocycles. The molecule has 4 heteroatoms. The first-order valence-corrected chi connectivity index (χ1v) is 3.53. The molecule has 4 N–H and O–H groups in total. The molecule has 0 aromatic carbocycles. The van der Waals surface area contributed by atoms with Crippen LogP contribution in [-0.2, 0) is 0 Å². The van der Waals surface area contributed by atoms with E-state index in [1.165, 1.54) is 0 Å². The molecule has 1 fully saturated rings. The van der Waals surface area contributed by atoms with Gasteiger partial charge >= 0.3 is 0 Å². The summed E-state index contributed by atoms with van der Waals surface area (Å²) >= 11 is 0. The Morgan fingerprint density at radius 1 is 0.800 bits per heavy atom. The average Bonchev–Trinajstić information content (AvgIpc) is 2.67. The van der Waals surface area contributed by atoms with Gasteiger partial charge in [-0.15, -0.1) is 0 Å². The molecule has 58 valence electrons. The van der Waals surface area contributed by atoms with Crippen molar-refractivity contribution in [2.45, 2.75) is 0 Å². The Labute approximate surface area is 61.1 Å². The molecule has 0 aliphatic carbocycles. The zero-order valence-electron chi connectivity index (χ0n) is 5.98. The molecule has 0 saturated carbocycles. The van der Waals surface area contributed by atoms with Gasteiger partial charge in [-0.2, -0.15) is 0 Å². The van der Waals surface area contributed by atoms with Gasteiger partial charge in [0.15, 0.2) is 0 Å². The van der Waals surface area contributed by atoms with E-state index in [9.17, 15) is 0 Å². The van der Waals surface area contributed by atoms with E-state index in [0.717, 1.165) is 26.4 Å². The summed E-state index contributed by atoms with van der Waals surface area (Å²) in [5, 5.41) is 12.1. The van der Waals surface area contributed by atoms with Crippen LogP contribution < -0.4 is 21.3 Å². The molecule has 4 nitrogen and oxygen atoms in total. The lowest BCUT2D eigenvalue weighted by atomic mass is 10.7. The predicted octanol–water partition coefficient (Wildman–Crippen LogP) is -1.26. The van der Waals surface area contributed by atoms with Crippen molar-refractivity contribution in [1.82, 2.24) is 21.3 Å². The fraction of sp³-hybridized carbons (Fsp3) is 0.667. The van der Waals surface area contributed by atoms with E-state index in [4.69, 9.17) is 0 Å². The lowest BCUT2D eigenvalue weighted by molar-refractivity contribution is 0.807. The number of hydrogen-bond donors (Lipinski definition) is 4. The highest BCUT2D eigenvalue weighted by atomic mass is 15.1. The Morgan fingerprint density at radius 3 is 1.60 bits per heavy atom. The summed E-state index contributed by atoms with van der Waals surface area (Å²) in [6.07, 6.45) is 3.75. The third-order valence-corrected chi connectivity index (χ3v) is 1.25. The van der Waals surface area contributed by atoms with Crippen molar-refractivity contribution < 1.29 is 0 Å². The molecule has 0 radical (unpaired) electrons. The highest BCUT2D eigenvalue weighted by Gasteiger charge is 1.90. The summed E-state index contributed by atoms with van der Waals surface area (Å²) in [7, 11) is 0. The summed E-state index contributed by atoms with van der Waals surface area (Å²) in [5.41, 5.74) is 0. The van der Waals surface area contributed by atoms with Crippen LogP contribution in [0.5, 0.6) is 0 Å². The van der Waals surface area contributed by atoms with Gasteiger partial charge in [0.25, 0.3) is 0 Å². The standard InChI is InChI=1S/C3H8N2.C3H6N2/c2*1-2-5-3-4-1/h4-5H,1-3H2;1-2,4-5H,3H2. The zero-order chi connectivity index (χ0) is 7.07. The van der Waals surface area contributed by atoms with Crippen LogP contribution in [0.1, 0.15) is 0 Å². The van der Waals surface area contributed by atoms with Crippen molar-refractivity contribution in [3.05, 3.63) is 12.4 Å². The van der Waals surface area contributed by atoms with Crippen LogP contribution in [0.2, 0.25) is 0 Å². The van der Waals surface area contributed by atoms with E-state index in [1.807, 2.05) is 12.4 Å². The van der Waals surface area contributed by atoms with Crippen LogP contribution in [0, 0.1) is 0 Å². The van der Waals surface area contributed by atoms with Crippen LogP contribution in [0.3, 0.4) is 0 Å². The summed E-state index contributed by atoms with van der Waals surface area (Å²) in [6.45, 7) is 4.17. The summed E-state index contributed by atoms with van der Waals surface area (Å²) in [4.78, 5) is 0. The van der Waals surface area contributed by atoms with Gasteiger partial charge in [0, 0.05) is 32.2 Å². The van der Waals surface area contributed by atoms with Crippen molar-refractivity contribution in [2.75, 3.05) is 26.4 Å². The predicted molar refractivity (Wildman–Crippen MR) is 41.2 cm³/mol.